The number of nitrogens with two attached hydrogens (primary N) is 1. The number of benzene rings is 1. The molecular weight excluding hydrogens is 276 g/mol. The Kier molecular flexibility index (Phi) is 4.36. The SMILES string of the molecule is CN(Cc1ccc(N)cc1)S(=O)(=O)CS(C)(=O)=O. The van der Waals surface area contributed by atoms with Crippen molar-refractivity contribution in [1.29, 1.82) is 0 Å². The largest absolute Gasteiger partial charge is 0.399 e. The summed E-state index contributed by atoms with van der Waals surface area (Å²) >= 11 is 0. The number of hydrogen-bond donors (Lipinski definition) is 1. The zero-order chi connectivity index (χ0) is 14.0. The number of rotatable bonds is 5. The number of anilines is 1. The van der Waals surface area contributed by atoms with E-state index in [1.54, 1.807) is 24.3 Å². The van der Waals surface area contributed by atoms with Gasteiger partial charge in [0, 0.05) is 25.5 Å². The van der Waals surface area contributed by atoms with Gasteiger partial charge >= 0.3 is 0 Å². The van der Waals surface area contributed by atoms with Crippen LogP contribution in [0.1, 0.15) is 5.56 Å². The predicted molar refractivity (Wildman–Crippen MR) is 71.0 cm³/mol. The van der Waals surface area contributed by atoms with E-state index < -0.39 is 24.9 Å². The van der Waals surface area contributed by atoms with Crippen molar-refractivity contribution in [2.24, 2.45) is 0 Å². The molecule has 0 aliphatic heterocycles. The highest BCUT2D eigenvalue weighted by Gasteiger charge is 2.23. The average Bonchev–Trinajstić information content (AvgIpc) is 2.17. The van der Waals surface area contributed by atoms with E-state index in [0.717, 1.165) is 16.1 Å². The minimum absolute atomic E-state index is 0.109. The van der Waals surface area contributed by atoms with Gasteiger partial charge in [0.1, 0.15) is 0 Å². The van der Waals surface area contributed by atoms with Gasteiger partial charge < -0.3 is 5.73 Å². The van der Waals surface area contributed by atoms with Crippen molar-refractivity contribution in [3.63, 3.8) is 0 Å². The summed E-state index contributed by atoms with van der Waals surface area (Å²) in [7, 11) is -6.04. The second-order valence-electron chi connectivity index (χ2n) is 4.15. The Morgan fingerprint density at radius 3 is 2.06 bits per heavy atom. The van der Waals surface area contributed by atoms with Crippen molar-refractivity contribution in [1.82, 2.24) is 4.31 Å². The summed E-state index contributed by atoms with van der Waals surface area (Å²) in [5.41, 5.74) is 6.84. The molecule has 0 saturated carbocycles. The Morgan fingerprint density at radius 2 is 1.61 bits per heavy atom. The van der Waals surface area contributed by atoms with Gasteiger partial charge in [0.2, 0.25) is 10.0 Å². The topological polar surface area (TPSA) is 97.5 Å². The van der Waals surface area contributed by atoms with Gasteiger partial charge in [0.15, 0.2) is 14.9 Å². The molecule has 1 aromatic rings. The third kappa shape index (κ3) is 4.63. The molecule has 0 saturated heterocycles. The summed E-state index contributed by atoms with van der Waals surface area (Å²) in [5.74, 6) is 0. The molecule has 0 amide bonds. The fraction of sp³-hybridized carbons (Fsp3) is 0.400. The van der Waals surface area contributed by atoms with E-state index in [-0.39, 0.29) is 6.54 Å². The van der Waals surface area contributed by atoms with Crippen LogP contribution in [0.25, 0.3) is 0 Å². The molecular formula is C10H16N2O4S2. The smallest absolute Gasteiger partial charge is 0.228 e. The van der Waals surface area contributed by atoms with E-state index in [0.29, 0.717) is 5.69 Å². The monoisotopic (exact) mass is 292 g/mol. The first-order valence-corrected chi connectivity index (χ1v) is 8.73. The Morgan fingerprint density at radius 1 is 1.11 bits per heavy atom. The van der Waals surface area contributed by atoms with Crippen molar-refractivity contribution in [2.45, 2.75) is 6.54 Å². The molecule has 8 heteroatoms. The second-order valence-corrected chi connectivity index (χ2v) is 8.73. The van der Waals surface area contributed by atoms with Crippen LogP contribution in [0.5, 0.6) is 0 Å². The molecule has 0 bridgehead atoms. The Balaban J connectivity index is 2.82. The third-order valence-corrected chi connectivity index (χ3v) is 6.21. The maximum Gasteiger partial charge on any atom is 0.228 e. The highest BCUT2D eigenvalue weighted by atomic mass is 32.3. The van der Waals surface area contributed by atoms with Crippen molar-refractivity contribution in [2.75, 3.05) is 24.1 Å². The summed E-state index contributed by atoms with van der Waals surface area (Å²) < 4.78 is 46.5. The molecule has 0 fully saturated rings. The van der Waals surface area contributed by atoms with E-state index in [9.17, 15) is 16.8 Å². The summed E-state index contributed by atoms with van der Waals surface area (Å²) in [6, 6.07) is 6.71. The lowest BCUT2D eigenvalue weighted by atomic mass is 10.2. The lowest BCUT2D eigenvalue weighted by Crippen LogP contribution is -2.31. The summed E-state index contributed by atoms with van der Waals surface area (Å²) in [6.45, 7) is 0.109. The normalized spacial score (nSPS) is 12.8. The first kappa shape index (κ1) is 14.9. The fourth-order valence-corrected chi connectivity index (χ4v) is 4.57. The van der Waals surface area contributed by atoms with Gasteiger partial charge in [-0.3, -0.25) is 0 Å². The molecule has 1 rings (SSSR count). The fourth-order valence-electron chi connectivity index (χ4n) is 1.34. The van der Waals surface area contributed by atoms with Gasteiger partial charge in [0.25, 0.3) is 0 Å². The van der Waals surface area contributed by atoms with Crippen molar-refractivity contribution in [3.05, 3.63) is 29.8 Å². The molecule has 0 aromatic heterocycles. The molecule has 0 spiro atoms. The van der Waals surface area contributed by atoms with Gasteiger partial charge in [-0.2, -0.15) is 4.31 Å². The van der Waals surface area contributed by atoms with E-state index in [2.05, 4.69) is 0 Å². The first-order valence-electron chi connectivity index (χ1n) is 5.06. The minimum atomic E-state index is -3.81. The maximum absolute atomic E-state index is 11.7. The number of nitrogen functional groups attached to an aromatic ring is 1. The molecule has 18 heavy (non-hydrogen) atoms. The summed E-state index contributed by atoms with van der Waals surface area (Å²) in [6.07, 6.45) is 0.890. The molecule has 0 aliphatic rings. The second kappa shape index (κ2) is 5.25. The quantitative estimate of drug-likeness (QED) is 0.772. The molecule has 102 valence electrons. The number of hydrogen-bond acceptors (Lipinski definition) is 5. The standard InChI is InChI=1S/C10H16N2O4S2/c1-12(18(15,16)8-17(2,13)14)7-9-3-5-10(11)6-4-9/h3-6H,7-8,11H2,1-2H3. The van der Waals surface area contributed by atoms with E-state index in [1.165, 1.54) is 7.05 Å². The predicted octanol–water partition coefficient (Wildman–Crippen LogP) is 0.0325. The molecule has 6 nitrogen and oxygen atoms in total. The van der Waals surface area contributed by atoms with Gasteiger partial charge in [-0.1, -0.05) is 12.1 Å². The Bertz CT molecular complexity index is 606. The summed E-state index contributed by atoms with van der Waals surface area (Å²) in [5, 5.41) is -0.883. The first-order chi connectivity index (χ1) is 8.10. The van der Waals surface area contributed by atoms with Gasteiger partial charge in [-0.05, 0) is 17.7 Å². The van der Waals surface area contributed by atoms with Crippen molar-refractivity contribution >= 4 is 25.5 Å². The lowest BCUT2D eigenvalue weighted by molar-refractivity contribution is 0.470. The third-order valence-electron chi connectivity index (χ3n) is 2.22. The Hall–Kier alpha value is -1.12. The number of nitrogens with zero attached hydrogens (tertiary/aromatic N) is 1. The highest BCUT2D eigenvalue weighted by Crippen LogP contribution is 2.11. The molecule has 0 radical (unpaired) electrons. The van der Waals surface area contributed by atoms with Crippen LogP contribution in [0.2, 0.25) is 0 Å². The van der Waals surface area contributed by atoms with Crippen LogP contribution in [0.4, 0.5) is 5.69 Å². The van der Waals surface area contributed by atoms with Crippen LogP contribution < -0.4 is 5.73 Å². The molecule has 2 N–H and O–H groups in total. The molecule has 0 atom stereocenters. The van der Waals surface area contributed by atoms with E-state index in [1.807, 2.05) is 0 Å². The van der Waals surface area contributed by atoms with Crippen molar-refractivity contribution < 1.29 is 16.8 Å². The number of sulfone groups is 1. The van der Waals surface area contributed by atoms with E-state index in [4.69, 9.17) is 5.73 Å². The van der Waals surface area contributed by atoms with Crippen LogP contribution in [-0.4, -0.2) is 39.5 Å². The van der Waals surface area contributed by atoms with E-state index >= 15 is 0 Å². The molecule has 0 aliphatic carbocycles. The van der Waals surface area contributed by atoms with Crippen LogP contribution in [0.3, 0.4) is 0 Å². The van der Waals surface area contributed by atoms with Crippen LogP contribution >= 0.6 is 0 Å². The van der Waals surface area contributed by atoms with Gasteiger partial charge in [0.05, 0.1) is 0 Å². The maximum atomic E-state index is 11.7. The number of sulfonamides is 1. The van der Waals surface area contributed by atoms with Gasteiger partial charge in [-0.25, -0.2) is 16.8 Å². The average molecular weight is 292 g/mol. The molecule has 0 unspecified atom stereocenters. The molecule has 0 heterocycles. The van der Waals surface area contributed by atoms with Crippen LogP contribution in [0, 0.1) is 0 Å². The minimum Gasteiger partial charge on any atom is -0.399 e. The Labute approximate surface area is 107 Å². The zero-order valence-electron chi connectivity index (χ0n) is 10.2. The highest BCUT2D eigenvalue weighted by molar-refractivity contribution is 8.06. The summed E-state index contributed by atoms with van der Waals surface area (Å²) in [4.78, 5) is 0. The zero-order valence-corrected chi connectivity index (χ0v) is 11.8. The van der Waals surface area contributed by atoms with Gasteiger partial charge in [-0.15, -0.1) is 0 Å². The lowest BCUT2D eigenvalue weighted by Gasteiger charge is -2.16. The van der Waals surface area contributed by atoms with Crippen LogP contribution in [-0.2, 0) is 26.4 Å². The van der Waals surface area contributed by atoms with Crippen molar-refractivity contribution in [3.8, 4) is 0 Å². The molecule has 1 aromatic carbocycles. The van der Waals surface area contributed by atoms with Crippen LogP contribution in [0.15, 0.2) is 24.3 Å².